The molecule has 0 bridgehead atoms. The zero-order chi connectivity index (χ0) is 20.1. The number of hydrogen-bond donors (Lipinski definition) is 0. The first-order valence-electron chi connectivity index (χ1n) is 8.77. The standard InChI is InChI=1S/C20H20ClFN2O4/c1-27-16-5-3-15(4-6-16)23-8-10-24(11-9-23)19(25)13-28-20(26)17-7-2-14(21)12-18(17)22/h2-7,12H,8-11,13H2,1H3. The highest BCUT2D eigenvalue weighted by Crippen LogP contribution is 2.20. The Balaban J connectivity index is 1.49. The van der Waals surface area contributed by atoms with Crippen LogP contribution in [0.5, 0.6) is 5.75 Å². The molecule has 0 atom stereocenters. The molecule has 0 saturated carbocycles. The summed E-state index contributed by atoms with van der Waals surface area (Å²) in [4.78, 5) is 28.1. The Kier molecular flexibility index (Phi) is 6.36. The van der Waals surface area contributed by atoms with Crippen LogP contribution in [0.25, 0.3) is 0 Å². The van der Waals surface area contributed by atoms with Gasteiger partial charge in [-0.25, -0.2) is 9.18 Å². The molecule has 2 aromatic carbocycles. The van der Waals surface area contributed by atoms with E-state index in [2.05, 4.69) is 4.90 Å². The predicted molar refractivity (Wildman–Crippen MR) is 103 cm³/mol. The van der Waals surface area contributed by atoms with E-state index in [9.17, 15) is 14.0 Å². The molecular weight excluding hydrogens is 387 g/mol. The third kappa shape index (κ3) is 4.72. The number of amides is 1. The van der Waals surface area contributed by atoms with E-state index >= 15 is 0 Å². The van der Waals surface area contributed by atoms with Crippen LogP contribution >= 0.6 is 11.6 Å². The second kappa shape index (κ2) is 8.93. The molecule has 1 aliphatic heterocycles. The highest BCUT2D eigenvalue weighted by atomic mass is 35.5. The Morgan fingerprint density at radius 1 is 1.07 bits per heavy atom. The number of methoxy groups -OCH3 is 1. The molecule has 0 aliphatic carbocycles. The molecule has 148 valence electrons. The van der Waals surface area contributed by atoms with Crippen LogP contribution in [0.3, 0.4) is 0 Å². The molecule has 0 unspecified atom stereocenters. The monoisotopic (exact) mass is 406 g/mol. The Labute approximate surface area is 167 Å². The summed E-state index contributed by atoms with van der Waals surface area (Å²) in [5.74, 6) is -1.19. The number of benzene rings is 2. The van der Waals surface area contributed by atoms with Crippen molar-refractivity contribution in [2.75, 3.05) is 44.8 Å². The molecule has 1 heterocycles. The summed E-state index contributed by atoms with van der Waals surface area (Å²) in [6, 6.07) is 11.4. The maximum Gasteiger partial charge on any atom is 0.341 e. The zero-order valence-corrected chi connectivity index (χ0v) is 16.1. The SMILES string of the molecule is COc1ccc(N2CCN(C(=O)COC(=O)c3ccc(Cl)cc3F)CC2)cc1. The normalized spacial score (nSPS) is 14.0. The van der Waals surface area contributed by atoms with Gasteiger partial charge in [0.05, 0.1) is 12.7 Å². The number of carbonyl (C=O) groups is 2. The van der Waals surface area contributed by atoms with Gasteiger partial charge in [-0.1, -0.05) is 11.6 Å². The third-order valence-electron chi connectivity index (χ3n) is 4.55. The maximum absolute atomic E-state index is 13.7. The van der Waals surface area contributed by atoms with Gasteiger partial charge in [-0.3, -0.25) is 4.79 Å². The fraction of sp³-hybridized carbons (Fsp3) is 0.300. The second-order valence-electron chi connectivity index (χ2n) is 6.27. The number of ether oxygens (including phenoxy) is 2. The van der Waals surface area contributed by atoms with Gasteiger partial charge >= 0.3 is 5.97 Å². The average molecular weight is 407 g/mol. The van der Waals surface area contributed by atoms with Crippen molar-refractivity contribution in [3.63, 3.8) is 0 Å². The molecule has 0 aromatic heterocycles. The molecule has 2 aromatic rings. The highest BCUT2D eigenvalue weighted by Gasteiger charge is 2.23. The van der Waals surface area contributed by atoms with Crippen molar-refractivity contribution >= 4 is 29.2 Å². The number of carbonyl (C=O) groups excluding carboxylic acids is 2. The molecule has 1 saturated heterocycles. The van der Waals surface area contributed by atoms with Gasteiger partial charge in [0.1, 0.15) is 11.6 Å². The van der Waals surface area contributed by atoms with E-state index in [1.54, 1.807) is 12.0 Å². The minimum Gasteiger partial charge on any atom is -0.497 e. The van der Waals surface area contributed by atoms with Crippen molar-refractivity contribution in [1.82, 2.24) is 4.90 Å². The van der Waals surface area contributed by atoms with Gasteiger partial charge < -0.3 is 19.3 Å². The van der Waals surface area contributed by atoms with Gasteiger partial charge in [-0.2, -0.15) is 0 Å². The Morgan fingerprint density at radius 2 is 1.75 bits per heavy atom. The summed E-state index contributed by atoms with van der Waals surface area (Å²) in [5.41, 5.74) is 0.805. The van der Waals surface area contributed by atoms with E-state index in [-0.39, 0.29) is 16.5 Å². The van der Waals surface area contributed by atoms with Crippen LogP contribution in [-0.4, -0.2) is 56.7 Å². The van der Waals surface area contributed by atoms with Gasteiger partial charge in [0.2, 0.25) is 0 Å². The van der Waals surface area contributed by atoms with Crippen LogP contribution in [0.2, 0.25) is 5.02 Å². The fourth-order valence-electron chi connectivity index (χ4n) is 2.96. The summed E-state index contributed by atoms with van der Waals surface area (Å²) in [6.07, 6.45) is 0. The van der Waals surface area contributed by atoms with Crippen molar-refractivity contribution in [3.8, 4) is 5.75 Å². The Bertz CT molecular complexity index is 852. The second-order valence-corrected chi connectivity index (χ2v) is 6.70. The summed E-state index contributed by atoms with van der Waals surface area (Å²) >= 11 is 5.66. The largest absolute Gasteiger partial charge is 0.497 e. The molecule has 8 heteroatoms. The highest BCUT2D eigenvalue weighted by molar-refractivity contribution is 6.30. The van der Waals surface area contributed by atoms with E-state index < -0.39 is 18.4 Å². The molecular formula is C20H20ClFN2O4. The molecule has 6 nitrogen and oxygen atoms in total. The van der Waals surface area contributed by atoms with E-state index in [1.807, 2.05) is 24.3 Å². The van der Waals surface area contributed by atoms with E-state index in [4.69, 9.17) is 21.1 Å². The molecule has 1 fully saturated rings. The lowest BCUT2D eigenvalue weighted by molar-refractivity contribution is -0.134. The summed E-state index contributed by atoms with van der Waals surface area (Å²) in [6.45, 7) is 1.93. The molecule has 1 amide bonds. The lowest BCUT2D eigenvalue weighted by Crippen LogP contribution is -2.49. The van der Waals surface area contributed by atoms with Crippen molar-refractivity contribution in [2.45, 2.75) is 0 Å². The van der Waals surface area contributed by atoms with Gasteiger partial charge in [0.15, 0.2) is 6.61 Å². The zero-order valence-electron chi connectivity index (χ0n) is 15.4. The number of anilines is 1. The minimum absolute atomic E-state index is 0.180. The minimum atomic E-state index is -0.889. The summed E-state index contributed by atoms with van der Waals surface area (Å²) < 4.78 is 23.9. The van der Waals surface area contributed by atoms with Gasteiger partial charge in [0, 0.05) is 36.9 Å². The first-order chi connectivity index (χ1) is 13.5. The lowest BCUT2D eigenvalue weighted by Gasteiger charge is -2.36. The van der Waals surface area contributed by atoms with Crippen LogP contribution in [0.1, 0.15) is 10.4 Å². The van der Waals surface area contributed by atoms with Crippen LogP contribution in [0.4, 0.5) is 10.1 Å². The van der Waals surface area contributed by atoms with Crippen molar-refractivity contribution in [2.24, 2.45) is 0 Å². The fourth-order valence-corrected chi connectivity index (χ4v) is 3.12. The van der Waals surface area contributed by atoms with E-state index in [0.29, 0.717) is 26.2 Å². The van der Waals surface area contributed by atoms with Gasteiger partial charge in [0.25, 0.3) is 5.91 Å². The number of hydrogen-bond acceptors (Lipinski definition) is 5. The van der Waals surface area contributed by atoms with Crippen molar-refractivity contribution < 1.29 is 23.5 Å². The first-order valence-corrected chi connectivity index (χ1v) is 9.14. The molecule has 0 N–H and O–H groups in total. The quantitative estimate of drug-likeness (QED) is 0.714. The summed E-state index contributed by atoms with van der Waals surface area (Å²) in [7, 11) is 1.62. The molecule has 28 heavy (non-hydrogen) atoms. The number of rotatable bonds is 5. The van der Waals surface area contributed by atoms with Crippen molar-refractivity contribution in [3.05, 3.63) is 58.9 Å². The molecule has 0 radical (unpaired) electrons. The van der Waals surface area contributed by atoms with Crippen LogP contribution in [0.15, 0.2) is 42.5 Å². The van der Waals surface area contributed by atoms with Crippen LogP contribution < -0.4 is 9.64 Å². The Morgan fingerprint density at radius 3 is 2.36 bits per heavy atom. The van der Waals surface area contributed by atoms with Gasteiger partial charge in [-0.05, 0) is 42.5 Å². The Hall–Kier alpha value is -2.80. The maximum atomic E-state index is 13.7. The third-order valence-corrected chi connectivity index (χ3v) is 4.78. The average Bonchev–Trinajstić information content (AvgIpc) is 2.72. The van der Waals surface area contributed by atoms with Crippen LogP contribution in [0, 0.1) is 5.82 Å². The van der Waals surface area contributed by atoms with E-state index in [0.717, 1.165) is 17.5 Å². The molecule has 3 rings (SSSR count). The number of halogens is 2. The smallest absolute Gasteiger partial charge is 0.341 e. The van der Waals surface area contributed by atoms with E-state index in [1.165, 1.54) is 12.1 Å². The van der Waals surface area contributed by atoms with Crippen molar-refractivity contribution in [1.29, 1.82) is 0 Å². The predicted octanol–water partition coefficient (Wildman–Crippen LogP) is 2.99. The molecule has 1 aliphatic rings. The first kappa shape index (κ1) is 19.9. The molecule has 0 spiro atoms. The summed E-state index contributed by atoms with van der Waals surface area (Å²) in [5, 5.41) is 0.180. The number of nitrogens with zero attached hydrogens (tertiary/aromatic N) is 2. The number of piperazine rings is 1. The number of esters is 1. The lowest BCUT2D eigenvalue weighted by atomic mass is 10.2. The van der Waals surface area contributed by atoms with Crippen LogP contribution in [-0.2, 0) is 9.53 Å². The van der Waals surface area contributed by atoms with Gasteiger partial charge in [-0.15, -0.1) is 0 Å². The topological polar surface area (TPSA) is 59.1 Å².